The van der Waals surface area contributed by atoms with Crippen molar-refractivity contribution in [3.8, 4) is 16.3 Å². The molecule has 0 aliphatic carbocycles. The number of methoxy groups -OCH3 is 1. The summed E-state index contributed by atoms with van der Waals surface area (Å²) >= 11 is 7.50. The van der Waals surface area contributed by atoms with E-state index in [1.807, 2.05) is 35.7 Å². The molecule has 24 heavy (non-hydrogen) atoms. The number of aromatic nitrogens is 1. The summed E-state index contributed by atoms with van der Waals surface area (Å²) in [7, 11) is 1.55. The van der Waals surface area contributed by atoms with Crippen LogP contribution in [0, 0.1) is 0 Å². The van der Waals surface area contributed by atoms with Crippen LogP contribution in [0.5, 0.6) is 5.75 Å². The molecule has 0 radical (unpaired) electrons. The molecule has 1 heterocycles. The number of halogens is 1. The van der Waals surface area contributed by atoms with Crippen LogP contribution in [0.25, 0.3) is 10.6 Å². The smallest absolute Gasteiger partial charge is 0.230 e. The van der Waals surface area contributed by atoms with Crippen molar-refractivity contribution in [3.63, 3.8) is 0 Å². The first-order chi connectivity index (χ1) is 11.7. The molecule has 0 unspecified atom stereocenters. The van der Waals surface area contributed by atoms with Crippen LogP contribution >= 0.6 is 22.9 Å². The molecule has 0 aliphatic rings. The third-order valence-electron chi connectivity index (χ3n) is 3.35. The second kappa shape index (κ2) is 7.47. The Kier molecular flexibility index (Phi) is 5.13. The molecule has 3 aromatic rings. The predicted octanol–water partition coefficient (Wildman–Crippen LogP) is 4.65. The normalized spacial score (nSPS) is 10.4. The van der Waals surface area contributed by atoms with Gasteiger partial charge in [0.25, 0.3) is 0 Å². The number of thiazole rings is 1. The highest BCUT2D eigenvalue weighted by Gasteiger charge is 2.12. The molecule has 0 fully saturated rings. The van der Waals surface area contributed by atoms with E-state index in [1.54, 1.807) is 25.3 Å². The van der Waals surface area contributed by atoms with Crippen molar-refractivity contribution < 1.29 is 9.53 Å². The zero-order valence-corrected chi connectivity index (χ0v) is 14.5. The largest absolute Gasteiger partial charge is 0.495 e. The Hall–Kier alpha value is -2.37. The molecule has 4 nitrogen and oxygen atoms in total. The van der Waals surface area contributed by atoms with E-state index >= 15 is 0 Å². The fraction of sp³-hybridized carbons (Fsp3) is 0.111. The van der Waals surface area contributed by atoms with Gasteiger partial charge in [0, 0.05) is 16.0 Å². The number of nitrogens with one attached hydrogen (secondary N) is 1. The molecule has 1 aromatic heterocycles. The van der Waals surface area contributed by atoms with Gasteiger partial charge in [-0.3, -0.25) is 4.79 Å². The molecule has 1 N–H and O–H groups in total. The van der Waals surface area contributed by atoms with Gasteiger partial charge in [-0.25, -0.2) is 4.98 Å². The molecule has 0 saturated carbocycles. The van der Waals surface area contributed by atoms with Gasteiger partial charge in [-0.05, 0) is 18.2 Å². The van der Waals surface area contributed by atoms with Gasteiger partial charge in [0.05, 0.1) is 24.9 Å². The number of rotatable bonds is 5. The van der Waals surface area contributed by atoms with Crippen LogP contribution in [0.3, 0.4) is 0 Å². The molecular weight excluding hydrogens is 344 g/mol. The molecule has 2 aromatic carbocycles. The molecule has 0 atom stereocenters. The van der Waals surface area contributed by atoms with Gasteiger partial charge in [-0.2, -0.15) is 0 Å². The Morgan fingerprint density at radius 3 is 2.79 bits per heavy atom. The number of anilines is 1. The van der Waals surface area contributed by atoms with E-state index in [2.05, 4.69) is 10.3 Å². The first-order valence-electron chi connectivity index (χ1n) is 7.29. The molecule has 0 aliphatic heterocycles. The minimum Gasteiger partial charge on any atom is -0.495 e. The van der Waals surface area contributed by atoms with Crippen LogP contribution in [0.1, 0.15) is 5.69 Å². The maximum absolute atomic E-state index is 12.3. The Labute approximate surface area is 149 Å². The number of carbonyl (C=O) groups is 1. The standard InChI is InChI=1S/C18H15ClN2O2S/c1-23-16-8-7-13(19)9-15(16)21-17(22)10-14-11-24-18(20-14)12-5-3-2-4-6-12/h2-9,11H,10H2,1H3,(H,21,22). The first-order valence-corrected chi connectivity index (χ1v) is 8.54. The van der Waals surface area contributed by atoms with E-state index in [0.717, 1.165) is 16.3 Å². The van der Waals surface area contributed by atoms with Gasteiger partial charge < -0.3 is 10.1 Å². The summed E-state index contributed by atoms with van der Waals surface area (Å²) in [6, 6.07) is 15.0. The second-order valence-electron chi connectivity index (χ2n) is 5.08. The van der Waals surface area contributed by atoms with E-state index in [0.29, 0.717) is 16.5 Å². The molecule has 6 heteroatoms. The lowest BCUT2D eigenvalue weighted by atomic mass is 10.2. The van der Waals surface area contributed by atoms with Gasteiger partial charge in [-0.1, -0.05) is 41.9 Å². The number of hydrogen-bond acceptors (Lipinski definition) is 4. The lowest BCUT2D eigenvalue weighted by molar-refractivity contribution is -0.115. The van der Waals surface area contributed by atoms with Crippen LogP contribution in [0.4, 0.5) is 5.69 Å². The SMILES string of the molecule is COc1ccc(Cl)cc1NC(=O)Cc1csc(-c2ccccc2)n1. The van der Waals surface area contributed by atoms with Crippen molar-refractivity contribution in [3.05, 3.63) is 64.6 Å². The first kappa shape index (κ1) is 16.5. The summed E-state index contributed by atoms with van der Waals surface area (Å²) in [6.07, 6.45) is 0.193. The van der Waals surface area contributed by atoms with Crippen LogP contribution in [0.15, 0.2) is 53.9 Å². The van der Waals surface area contributed by atoms with Gasteiger partial charge in [0.1, 0.15) is 10.8 Å². The topological polar surface area (TPSA) is 51.2 Å². The maximum Gasteiger partial charge on any atom is 0.230 e. The average Bonchev–Trinajstić information content (AvgIpc) is 3.04. The summed E-state index contributed by atoms with van der Waals surface area (Å²) in [5.74, 6) is 0.400. The minimum absolute atomic E-state index is 0.166. The van der Waals surface area contributed by atoms with Gasteiger partial charge in [-0.15, -0.1) is 11.3 Å². The molecular formula is C18H15ClN2O2S. The second-order valence-corrected chi connectivity index (χ2v) is 6.37. The van der Waals surface area contributed by atoms with Crippen molar-refractivity contribution >= 4 is 34.5 Å². The number of ether oxygens (including phenoxy) is 1. The average molecular weight is 359 g/mol. The van der Waals surface area contributed by atoms with Gasteiger partial charge in [0.2, 0.25) is 5.91 Å². The monoisotopic (exact) mass is 358 g/mol. The third kappa shape index (κ3) is 3.93. The van der Waals surface area contributed by atoms with E-state index in [-0.39, 0.29) is 12.3 Å². The molecule has 0 spiro atoms. The number of hydrogen-bond donors (Lipinski definition) is 1. The molecule has 0 bridgehead atoms. The predicted molar refractivity (Wildman–Crippen MR) is 97.9 cm³/mol. The van der Waals surface area contributed by atoms with E-state index in [4.69, 9.17) is 16.3 Å². The number of amides is 1. The fourth-order valence-corrected chi connectivity index (χ4v) is 3.24. The molecule has 0 saturated heterocycles. The number of benzene rings is 2. The Morgan fingerprint density at radius 1 is 1.25 bits per heavy atom. The lowest BCUT2D eigenvalue weighted by Crippen LogP contribution is -2.15. The van der Waals surface area contributed by atoms with E-state index in [9.17, 15) is 4.79 Å². The van der Waals surface area contributed by atoms with Crippen LogP contribution in [-0.2, 0) is 11.2 Å². The Balaban J connectivity index is 1.70. The summed E-state index contributed by atoms with van der Waals surface area (Å²) in [5.41, 5.74) is 2.33. The maximum atomic E-state index is 12.3. The fourth-order valence-electron chi connectivity index (χ4n) is 2.24. The zero-order chi connectivity index (χ0) is 16.9. The molecule has 1 amide bonds. The van der Waals surface area contributed by atoms with Crippen molar-refractivity contribution in [2.24, 2.45) is 0 Å². The van der Waals surface area contributed by atoms with Crippen molar-refractivity contribution in [2.45, 2.75) is 6.42 Å². The van der Waals surface area contributed by atoms with Gasteiger partial charge >= 0.3 is 0 Å². The van der Waals surface area contributed by atoms with Crippen LogP contribution in [0.2, 0.25) is 5.02 Å². The summed E-state index contributed by atoms with van der Waals surface area (Å²) in [6.45, 7) is 0. The Morgan fingerprint density at radius 2 is 2.04 bits per heavy atom. The zero-order valence-electron chi connectivity index (χ0n) is 13.0. The van der Waals surface area contributed by atoms with E-state index in [1.165, 1.54) is 11.3 Å². The van der Waals surface area contributed by atoms with Crippen molar-refractivity contribution in [1.82, 2.24) is 4.98 Å². The summed E-state index contributed by atoms with van der Waals surface area (Å²) in [5, 5.41) is 6.15. The highest BCUT2D eigenvalue weighted by molar-refractivity contribution is 7.13. The third-order valence-corrected chi connectivity index (χ3v) is 4.53. The molecule has 122 valence electrons. The van der Waals surface area contributed by atoms with Crippen LogP contribution < -0.4 is 10.1 Å². The Bertz CT molecular complexity index is 849. The minimum atomic E-state index is -0.166. The lowest BCUT2D eigenvalue weighted by Gasteiger charge is -2.10. The number of carbonyl (C=O) groups excluding carboxylic acids is 1. The highest BCUT2D eigenvalue weighted by atomic mass is 35.5. The summed E-state index contributed by atoms with van der Waals surface area (Å²) in [4.78, 5) is 16.8. The highest BCUT2D eigenvalue weighted by Crippen LogP contribution is 2.28. The van der Waals surface area contributed by atoms with Crippen molar-refractivity contribution in [2.75, 3.05) is 12.4 Å². The van der Waals surface area contributed by atoms with Crippen LogP contribution in [-0.4, -0.2) is 18.0 Å². The van der Waals surface area contributed by atoms with Crippen molar-refractivity contribution in [1.29, 1.82) is 0 Å². The van der Waals surface area contributed by atoms with Gasteiger partial charge in [0.15, 0.2) is 0 Å². The molecule has 3 rings (SSSR count). The summed E-state index contributed by atoms with van der Waals surface area (Å²) < 4.78 is 5.23. The van der Waals surface area contributed by atoms with E-state index < -0.39 is 0 Å². The number of nitrogens with zero attached hydrogens (tertiary/aromatic N) is 1. The quantitative estimate of drug-likeness (QED) is 0.722.